The molecule has 0 amide bonds. The number of ether oxygens (including phenoxy) is 1. The molecule has 4 nitrogen and oxygen atoms in total. The van der Waals surface area contributed by atoms with Gasteiger partial charge in [-0.15, -0.1) is 0 Å². The number of aliphatic hydroxyl groups excluding tert-OH is 1. The van der Waals surface area contributed by atoms with Crippen LogP contribution < -0.4 is 15.8 Å². The number of anilines is 1. The highest BCUT2D eigenvalue weighted by Gasteiger charge is 2.20. The van der Waals surface area contributed by atoms with Crippen molar-refractivity contribution in [1.29, 1.82) is 0 Å². The number of aliphatic hydroxyl groups is 1. The average Bonchev–Trinajstić information content (AvgIpc) is 2.36. The summed E-state index contributed by atoms with van der Waals surface area (Å²) in [4.78, 5) is 0. The van der Waals surface area contributed by atoms with Gasteiger partial charge in [-0.1, -0.05) is 13.0 Å². The van der Waals surface area contributed by atoms with Gasteiger partial charge in [0.1, 0.15) is 11.9 Å². The molecule has 1 aromatic rings. The maximum Gasteiger partial charge on any atom is 0.142 e. The van der Waals surface area contributed by atoms with E-state index < -0.39 is 6.10 Å². The van der Waals surface area contributed by atoms with Gasteiger partial charge in [-0.25, -0.2) is 0 Å². The number of nitrogens with one attached hydrogen (secondary N) is 1. The molecule has 4 heteroatoms. The lowest BCUT2D eigenvalue weighted by Gasteiger charge is -2.27. The van der Waals surface area contributed by atoms with E-state index in [4.69, 9.17) is 10.5 Å². The molecule has 2 rings (SSSR count). The lowest BCUT2D eigenvalue weighted by Crippen LogP contribution is -2.30. The molecule has 1 aliphatic rings. The molecule has 4 N–H and O–H groups in total. The zero-order valence-corrected chi connectivity index (χ0v) is 10.3. The summed E-state index contributed by atoms with van der Waals surface area (Å²) in [5, 5.41) is 13.2. The van der Waals surface area contributed by atoms with Gasteiger partial charge in [0.05, 0.1) is 18.3 Å². The van der Waals surface area contributed by atoms with Crippen molar-refractivity contribution in [2.45, 2.75) is 38.5 Å². The summed E-state index contributed by atoms with van der Waals surface area (Å²) < 4.78 is 5.80. The first-order valence-corrected chi connectivity index (χ1v) is 6.10. The maximum atomic E-state index is 9.90. The van der Waals surface area contributed by atoms with Crippen LogP contribution in [0.25, 0.3) is 0 Å². The minimum absolute atomic E-state index is 0.228. The van der Waals surface area contributed by atoms with E-state index in [1.165, 1.54) is 0 Å². The third-order valence-electron chi connectivity index (χ3n) is 3.11. The third-order valence-corrected chi connectivity index (χ3v) is 3.11. The second kappa shape index (κ2) is 4.94. The largest absolute Gasteiger partial charge is 0.486 e. The van der Waals surface area contributed by atoms with Crippen molar-refractivity contribution >= 4 is 5.69 Å². The Morgan fingerprint density at radius 2 is 2.35 bits per heavy atom. The Kier molecular flexibility index (Phi) is 3.54. The van der Waals surface area contributed by atoms with Crippen LogP contribution in [0.3, 0.4) is 0 Å². The van der Waals surface area contributed by atoms with Gasteiger partial charge < -0.3 is 20.9 Å². The van der Waals surface area contributed by atoms with Gasteiger partial charge in [-0.2, -0.15) is 0 Å². The van der Waals surface area contributed by atoms with Crippen molar-refractivity contribution in [2.75, 3.05) is 11.9 Å². The van der Waals surface area contributed by atoms with Crippen LogP contribution in [0.4, 0.5) is 5.69 Å². The molecule has 1 aromatic carbocycles. The fourth-order valence-corrected chi connectivity index (χ4v) is 1.95. The zero-order valence-electron chi connectivity index (χ0n) is 10.3. The van der Waals surface area contributed by atoms with Crippen LogP contribution in [-0.2, 0) is 0 Å². The normalized spacial score (nSPS) is 22.0. The molecule has 3 unspecified atom stereocenters. The number of rotatable bonds is 3. The van der Waals surface area contributed by atoms with Crippen molar-refractivity contribution in [3.05, 3.63) is 23.8 Å². The van der Waals surface area contributed by atoms with Gasteiger partial charge in [0.25, 0.3) is 0 Å². The Bertz CT molecular complexity index is 393. The predicted molar refractivity (Wildman–Crippen MR) is 68.2 cm³/mol. The van der Waals surface area contributed by atoms with E-state index in [2.05, 4.69) is 12.2 Å². The summed E-state index contributed by atoms with van der Waals surface area (Å²) in [6.07, 6.45) is 0.578. The maximum absolute atomic E-state index is 9.90. The predicted octanol–water partition coefficient (Wildman–Crippen LogP) is 1.65. The molecular weight excluding hydrogens is 216 g/mol. The van der Waals surface area contributed by atoms with E-state index in [1.807, 2.05) is 18.2 Å². The Hall–Kier alpha value is -1.26. The van der Waals surface area contributed by atoms with Crippen molar-refractivity contribution in [1.82, 2.24) is 0 Å². The lowest BCUT2D eigenvalue weighted by molar-refractivity contribution is 0.153. The van der Waals surface area contributed by atoms with Gasteiger partial charge >= 0.3 is 0 Å². The third kappa shape index (κ3) is 2.53. The Balaban J connectivity index is 2.21. The molecule has 17 heavy (non-hydrogen) atoms. The molecule has 0 saturated carbocycles. The summed E-state index contributed by atoms with van der Waals surface area (Å²) in [6.45, 7) is 4.70. The summed E-state index contributed by atoms with van der Waals surface area (Å²) in [7, 11) is 0. The quantitative estimate of drug-likeness (QED) is 0.746. The SMILES string of the molecule is CCC1CNc2cc(C(O)C(C)N)ccc2O1. The zero-order chi connectivity index (χ0) is 12.4. The van der Waals surface area contributed by atoms with Crippen LogP contribution >= 0.6 is 0 Å². The molecule has 0 aromatic heterocycles. The molecule has 0 bridgehead atoms. The molecule has 0 spiro atoms. The van der Waals surface area contributed by atoms with E-state index >= 15 is 0 Å². The van der Waals surface area contributed by atoms with Crippen molar-refractivity contribution in [2.24, 2.45) is 5.73 Å². The summed E-state index contributed by atoms with van der Waals surface area (Å²) >= 11 is 0. The molecule has 1 aliphatic heterocycles. The molecule has 0 saturated heterocycles. The van der Waals surface area contributed by atoms with Gasteiger partial charge in [0, 0.05) is 6.04 Å². The van der Waals surface area contributed by atoms with E-state index in [0.29, 0.717) is 0 Å². The molecule has 0 radical (unpaired) electrons. The van der Waals surface area contributed by atoms with E-state index in [9.17, 15) is 5.11 Å². The van der Waals surface area contributed by atoms with Crippen molar-refractivity contribution in [3.63, 3.8) is 0 Å². The number of nitrogens with two attached hydrogens (primary N) is 1. The summed E-state index contributed by atoms with van der Waals surface area (Å²) in [6, 6.07) is 5.40. The lowest BCUT2D eigenvalue weighted by atomic mass is 10.0. The fourth-order valence-electron chi connectivity index (χ4n) is 1.95. The molecular formula is C13H20N2O2. The monoisotopic (exact) mass is 236 g/mol. The van der Waals surface area contributed by atoms with Crippen LogP contribution in [0, 0.1) is 0 Å². The van der Waals surface area contributed by atoms with Gasteiger partial charge in [0.15, 0.2) is 0 Å². The Morgan fingerprint density at radius 1 is 1.59 bits per heavy atom. The molecule has 1 heterocycles. The van der Waals surface area contributed by atoms with Crippen LogP contribution in [0.5, 0.6) is 5.75 Å². The Labute approximate surface area is 102 Å². The second-order valence-electron chi connectivity index (χ2n) is 4.59. The van der Waals surface area contributed by atoms with Crippen LogP contribution in [0.1, 0.15) is 31.9 Å². The topological polar surface area (TPSA) is 67.5 Å². The first-order chi connectivity index (χ1) is 8.11. The van der Waals surface area contributed by atoms with Gasteiger partial charge in [0.2, 0.25) is 0 Å². The number of hydrogen-bond donors (Lipinski definition) is 3. The van der Waals surface area contributed by atoms with Gasteiger partial charge in [-0.05, 0) is 31.0 Å². The van der Waals surface area contributed by atoms with Gasteiger partial charge in [-0.3, -0.25) is 0 Å². The Morgan fingerprint density at radius 3 is 3.00 bits per heavy atom. The number of hydrogen-bond acceptors (Lipinski definition) is 4. The van der Waals surface area contributed by atoms with E-state index in [0.717, 1.165) is 30.0 Å². The van der Waals surface area contributed by atoms with E-state index in [-0.39, 0.29) is 12.1 Å². The molecule has 3 atom stereocenters. The molecule has 0 aliphatic carbocycles. The summed E-state index contributed by atoms with van der Waals surface area (Å²) in [5.74, 6) is 0.851. The van der Waals surface area contributed by atoms with Crippen LogP contribution in [0.2, 0.25) is 0 Å². The van der Waals surface area contributed by atoms with Crippen molar-refractivity contribution in [3.8, 4) is 5.75 Å². The number of fused-ring (bicyclic) bond motifs is 1. The number of benzene rings is 1. The van der Waals surface area contributed by atoms with Crippen LogP contribution in [0.15, 0.2) is 18.2 Å². The summed E-state index contributed by atoms with van der Waals surface area (Å²) in [5.41, 5.74) is 7.45. The van der Waals surface area contributed by atoms with Crippen molar-refractivity contribution < 1.29 is 9.84 Å². The first-order valence-electron chi connectivity index (χ1n) is 6.10. The van der Waals surface area contributed by atoms with Crippen LogP contribution in [-0.4, -0.2) is 23.8 Å². The standard InChI is InChI=1S/C13H20N2O2/c1-3-10-7-15-11-6-9(13(16)8(2)14)4-5-12(11)17-10/h4-6,8,10,13,15-16H,3,7,14H2,1-2H3. The average molecular weight is 236 g/mol. The fraction of sp³-hybridized carbons (Fsp3) is 0.538. The minimum Gasteiger partial charge on any atom is -0.486 e. The highest BCUT2D eigenvalue weighted by atomic mass is 16.5. The minimum atomic E-state index is -0.633. The highest BCUT2D eigenvalue weighted by molar-refractivity contribution is 5.60. The van der Waals surface area contributed by atoms with E-state index in [1.54, 1.807) is 6.92 Å². The second-order valence-corrected chi connectivity index (χ2v) is 4.59. The molecule has 0 fully saturated rings. The smallest absolute Gasteiger partial charge is 0.142 e. The molecule has 94 valence electrons. The first kappa shape index (κ1) is 12.2. The highest BCUT2D eigenvalue weighted by Crippen LogP contribution is 2.32.